The van der Waals surface area contributed by atoms with Crippen molar-refractivity contribution in [3.8, 4) is 0 Å². The minimum absolute atomic E-state index is 0.350. The number of hydrogen-bond donors (Lipinski definition) is 1. The van der Waals surface area contributed by atoms with Gasteiger partial charge >= 0.3 is 0 Å². The lowest BCUT2D eigenvalue weighted by Gasteiger charge is -2.36. The molecule has 0 fully saturated rings. The zero-order valence-corrected chi connectivity index (χ0v) is 12.2. The summed E-state index contributed by atoms with van der Waals surface area (Å²) in [4.78, 5) is 0. The van der Waals surface area contributed by atoms with E-state index in [1.165, 1.54) is 27.4 Å². The van der Waals surface area contributed by atoms with E-state index in [1.54, 1.807) is 0 Å². The Labute approximate surface area is 110 Å². The fourth-order valence-electron chi connectivity index (χ4n) is 2.91. The van der Waals surface area contributed by atoms with Crippen LogP contribution in [-0.4, -0.2) is 21.3 Å². The first-order valence-corrected chi connectivity index (χ1v) is 6.47. The highest BCUT2D eigenvalue weighted by atomic mass is 16.5. The highest BCUT2D eigenvalue weighted by molar-refractivity contribution is 5.56. The maximum Gasteiger partial charge on any atom is 0.0665 e. The smallest absolute Gasteiger partial charge is 0.0665 e. The molecule has 2 heteroatoms. The van der Waals surface area contributed by atoms with Crippen LogP contribution in [0.1, 0.15) is 41.5 Å². The summed E-state index contributed by atoms with van der Waals surface area (Å²) in [5, 5.41) is 11.9. The van der Waals surface area contributed by atoms with Gasteiger partial charge in [-0.3, -0.25) is 0 Å². The van der Waals surface area contributed by atoms with Crippen molar-refractivity contribution in [3.63, 3.8) is 0 Å². The summed E-state index contributed by atoms with van der Waals surface area (Å²) in [6.45, 7) is 12.5. The predicted molar refractivity (Wildman–Crippen MR) is 75.5 cm³/mol. The van der Waals surface area contributed by atoms with Gasteiger partial charge in [-0.25, -0.2) is 0 Å². The molecular weight excluding hydrogens is 222 g/mol. The summed E-state index contributed by atoms with van der Waals surface area (Å²) in [5.41, 5.74) is 4.25. The molecule has 0 spiro atoms. The summed E-state index contributed by atoms with van der Waals surface area (Å²) >= 11 is 0. The summed E-state index contributed by atoms with van der Waals surface area (Å²) in [6, 6.07) is 0. The first-order valence-electron chi connectivity index (χ1n) is 6.47. The summed E-state index contributed by atoms with van der Waals surface area (Å²) < 4.78 is 0. The summed E-state index contributed by atoms with van der Waals surface area (Å²) in [7, 11) is 0. The van der Waals surface area contributed by atoms with Crippen LogP contribution < -0.4 is 0 Å². The average molecular weight is 245 g/mol. The molecule has 0 saturated heterocycles. The van der Waals surface area contributed by atoms with Crippen molar-refractivity contribution in [1.82, 2.24) is 5.06 Å². The van der Waals surface area contributed by atoms with Crippen LogP contribution in [0, 0.1) is 0 Å². The molecule has 0 aromatic heterocycles. The predicted octanol–water partition coefficient (Wildman–Crippen LogP) is 4.01. The van der Waals surface area contributed by atoms with Crippen molar-refractivity contribution < 1.29 is 5.21 Å². The van der Waals surface area contributed by atoms with E-state index in [0.717, 1.165) is 0 Å². The van der Waals surface area contributed by atoms with Crippen LogP contribution in [0.3, 0.4) is 0 Å². The highest BCUT2D eigenvalue weighted by Gasteiger charge is 2.49. The van der Waals surface area contributed by atoms with Gasteiger partial charge in [0.1, 0.15) is 0 Å². The largest absolute Gasteiger partial charge is 0.312 e. The Morgan fingerprint density at radius 3 is 1.61 bits per heavy atom. The SMILES string of the molecule is CC(C)=C1C=CC2=C(C=C1)C(C)(C)N(O)C2(C)C. The fraction of sp³-hybridized carbons (Fsp3) is 0.500. The Bertz CT molecular complexity index is 459. The van der Waals surface area contributed by atoms with Crippen molar-refractivity contribution in [2.24, 2.45) is 0 Å². The zero-order valence-electron chi connectivity index (χ0n) is 12.2. The van der Waals surface area contributed by atoms with Crippen LogP contribution in [0.25, 0.3) is 0 Å². The van der Waals surface area contributed by atoms with E-state index >= 15 is 0 Å². The third kappa shape index (κ3) is 1.72. The molecule has 0 aromatic rings. The Hall–Kier alpha value is -1.12. The molecule has 2 nitrogen and oxygen atoms in total. The number of allylic oxidation sites excluding steroid dienone is 4. The van der Waals surface area contributed by atoms with Gasteiger partial charge in [-0.05, 0) is 58.3 Å². The molecule has 0 saturated carbocycles. The van der Waals surface area contributed by atoms with E-state index < -0.39 is 0 Å². The van der Waals surface area contributed by atoms with Gasteiger partial charge in [-0.1, -0.05) is 29.9 Å². The molecule has 1 N–H and O–H groups in total. The third-order valence-electron chi connectivity index (χ3n) is 4.10. The maximum absolute atomic E-state index is 10.4. The first kappa shape index (κ1) is 13.3. The average Bonchev–Trinajstić information content (AvgIpc) is 2.48. The van der Waals surface area contributed by atoms with Crippen LogP contribution in [0.15, 0.2) is 46.6 Å². The van der Waals surface area contributed by atoms with E-state index in [2.05, 4.69) is 65.8 Å². The van der Waals surface area contributed by atoms with Crippen molar-refractivity contribution in [2.45, 2.75) is 52.6 Å². The van der Waals surface area contributed by atoms with E-state index in [1.807, 2.05) is 0 Å². The summed E-state index contributed by atoms with van der Waals surface area (Å²) in [6.07, 6.45) is 8.58. The van der Waals surface area contributed by atoms with E-state index in [9.17, 15) is 5.21 Å². The molecule has 0 atom stereocenters. The van der Waals surface area contributed by atoms with Crippen LogP contribution in [-0.2, 0) is 0 Å². The Morgan fingerprint density at radius 1 is 0.889 bits per heavy atom. The quantitative estimate of drug-likeness (QED) is 0.697. The van der Waals surface area contributed by atoms with Gasteiger partial charge in [0, 0.05) is 0 Å². The van der Waals surface area contributed by atoms with Crippen LogP contribution in [0.5, 0.6) is 0 Å². The molecule has 1 aliphatic carbocycles. The van der Waals surface area contributed by atoms with Crippen molar-refractivity contribution in [2.75, 3.05) is 0 Å². The normalized spacial score (nSPS) is 25.4. The minimum Gasteiger partial charge on any atom is -0.312 e. The zero-order chi connectivity index (χ0) is 13.7. The lowest BCUT2D eigenvalue weighted by atomic mass is 9.91. The standard InChI is InChI=1S/C16H23NO/c1-11(2)12-7-9-13-14(10-8-12)16(5,6)17(18)15(13,3)4/h7-10,18H,1-6H3. The van der Waals surface area contributed by atoms with Gasteiger partial charge in [0.05, 0.1) is 11.1 Å². The molecule has 98 valence electrons. The topological polar surface area (TPSA) is 23.5 Å². The third-order valence-corrected chi connectivity index (χ3v) is 4.10. The molecule has 0 aromatic carbocycles. The molecule has 18 heavy (non-hydrogen) atoms. The Morgan fingerprint density at radius 2 is 1.28 bits per heavy atom. The van der Waals surface area contributed by atoms with E-state index in [4.69, 9.17) is 0 Å². The number of hydroxylamine groups is 2. The molecule has 1 aliphatic heterocycles. The number of nitrogens with zero attached hydrogens (tertiary/aromatic N) is 1. The van der Waals surface area contributed by atoms with E-state index in [0.29, 0.717) is 0 Å². The van der Waals surface area contributed by atoms with Gasteiger partial charge in [0.2, 0.25) is 0 Å². The minimum atomic E-state index is -0.350. The molecule has 2 aliphatic rings. The van der Waals surface area contributed by atoms with E-state index in [-0.39, 0.29) is 11.1 Å². The number of rotatable bonds is 0. The maximum atomic E-state index is 10.4. The molecule has 0 amide bonds. The second kappa shape index (κ2) is 3.94. The van der Waals surface area contributed by atoms with Gasteiger partial charge in [0.15, 0.2) is 0 Å². The van der Waals surface area contributed by atoms with Crippen molar-refractivity contribution >= 4 is 0 Å². The van der Waals surface area contributed by atoms with Gasteiger partial charge in [-0.2, -0.15) is 5.06 Å². The molecule has 2 rings (SSSR count). The van der Waals surface area contributed by atoms with Gasteiger partial charge in [0.25, 0.3) is 0 Å². The second-order valence-corrected chi connectivity index (χ2v) is 6.38. The van der Waals surface area contributed by atoms with Crippen molar-refractivity contribution in [1.29, 1.82) is 0 Å². The van der Waals surface area contributed by atoms with Crippen LogP contribution in [0.2, 0.25) is 0 Å². The van der Waals surface area contributed by atoms with Gasteiger partial charge in [-0.15, -0.1) is 0 Å². The molecule has 0 radical (unpaired) electrons. The molecule has 1 heterocycles. The van der Waals surface area contributed by atoms with Crippen LogP contribution in [0.4, 0.5) is 0 Å². The van der Waals surface area contributed by atoms with Crippen molar-refractivity contribution in [3.05, 3.63) is 46.6 Å². The van der Waals surface area contributed by atoms with Crippen LogP contribution >= 0.6 is 0 Å². The summed E-state index contributed by atoms with van der Waals surface area (Å²) in [5.74, 6) is 0. The highest BCUT2D eigenvalue weighted by Crippen LogP contribution is 2.45. The van der Waals surface area contributed by atoms with Gasteiger partial charge < -0.3 is 5.21 Å². The first-order chi connectivity index (χ1) is 8.19. The lowest BCUT2D eigenvalue weighted by molar-refractivity contribution is -0.186. The lowest BCUT2D eigenvalue weighted by Crippen LogP contribution is -2.48. The second-order valence-electron chi connectivity index (χ2n) is 6.38. The molecule has 0 bridgehead atoms. The Kier molecular flexibility index (Phi) is 2.91. The molecular formula is C16H23NO. The monoisotopic (exact) mass is 245 g/mol. The molecule has 0 unspecified atom stereocenters. The Balaban J connectivity index is 2.60. The number of hydrogen-bond acceptors (Lipinski definition) is 2. The fourth-order valence-corrected chi connectivity index (χ4v) is 2.91.